The van der Waals surface area contributed by atoms with Gasteiger partial charge in [0.2, 0.25) is 0 Å². The van der Waals surface area contributed by atoms with Crippen LogP contribution in [0.2, 0.25) is 0 Å². The molecule has 4 aromatic rings. The average molecular weight is 418 g/mol. The van der Waals surface area contributed by atoms with Gasteiger partial charge in [-0.1, -0.05) is 18.2 Å². The maximum atomic E-state index is 13.7. The molecule has 0 fully saturated rings. The molecule has 0 aliphatic carbocycles. The molecule has 1 amide bonds. The molecule has 0 saturated heterocycles. The van der Waals surface area contributed by atoms with Gasteiger partial charge in [0.15, 0.2) is 16.5 Å². The number of amides is 1. The number of hydrogen-bond acceptors (Lipinski definition) is 5. The van der Waals surface area contributed by atoms with Crippen molar-refractivity contribution in [2.24, 2.45) is 0 Å². The van der Waals surface area contributed by atoms with Crippen LogP contribution >= 0.6 is 11.3 Å². The Kier molecular flexibility index (Phi) is 4.71. The normalized spacial score (nSPS) is 11.6. The van der Waals surface area contributed by atoms with Crippen molar-refractivity contribution in [3.05, 3.63) is 71.2 Å². The predicted octanol–water partition coefficient (Wildman–Crippen LogP) is 5.17. The van der Waals surface area contributed by atoms with Gasteiger partial charge in [-0.2, -0.15) is 18.3 Å². The highest BCUT2D eigenvalue weighted by Gasteiger charge is 2.39. The molecule has 0 saturated carbocycles. The summed E-state index contributed by atoms with van der Waals surface area (Å²) in [6.07, 6.45) is -3.76. The number of thiazole rings is 1. The number of aromatic nitrogens is 3. The Morgan fingerprint density at radius 2 is 1.93 bits per heavy atom. The van der Waals surface area contributed by atoms with Crippen molar-refractivity contribution in [2.75, 3.05) is 5.32 Å². The van der Waals surface area contributed by atoms with E-state index in [1.54, 1.807) is 37.3 Å². The Balaban J connectivity index is 1.64. The minimum absolute atomic E-state index is 0.0142. The maximum Gasteiger partial charge on any atom is 0.435 e. The number of carbonyl (C=O) groups excluding carboxylic acids is 1. The summed E-state index contributed by atoms with van der Waals surface area (Å²) in [5, 5.41) is 7.98. The fourth-order valence-corrected chi connectivity index (χ4v) is 3.46. The summed E-state index contributed by atoms with van der Waals surface area (Å²) >= 11 is 1.16. The van der Waals surface area contributed by atoms with Crippen LogP contribution < -0.4 is 5.32 Å². The number of benzene rings is 1. The Labute approximate surface area is 166 Å². The van der Waals surface area contributed by atoms with Crippen LogP contribution in [0.1, 0.15) is 21.9 Å². The molecule has 0 aliphatic rings. The summed E-state index contributed by atoms with van der Waals surface area (Å²) in [5.74, 6) is 0.401. The van der Waals surface area contributed by atoms with Crippen LogP contribution in [0.3, 0.4) is 0 Å². The van der Waals surface area contributed by atoms with E-state index in [9.17, 15) is 18.0 Å². The van der Waals surface area contributed by atoms with E-state index in [0.717, 1.165) is 22.2 Å². The molecule has 3 heterocycles. The summed E-state index contributed by atoms with van der Waals surface area (Å²) in [4.78, 5) is 16.6. The van der Waals surface area contributed by atoms with Crippen molar-refractivity contribution in [1.29, 1.82) is 0 Å². The number of hydrogen-bond donors (Lipinski definition) is 1. The van der Waals surface area contributed by atoms with Crippen LogP contribution in [-0.2, 0) is 6.18 Å². The predicted molar refractivity (Wildman–Crippen MR) is 101 cm³/mol. The van der Waals surface area contributed by atoms with Gasteiger partial charge in [-0.25, -0.2) is 9.67 Å². The Morgan fingerprint density at radius 1 is 1.17 bits per heavy atom. The lowest BCUT2D eigenvalue weighted by molar-refractivity contribution is -0.142. The second-order valence-electron chi connectivity index (χ2n) is 6.05. The number of halogens is 3. The largest absolute Gasteiger partial charge is 0.459 e. The molecule has 0 aliphatic heterocycles. The van der Waals surface area contributed by atoms with Gasteiger partial charge in [0.05, 0.1) is 17.6 Å². The van der Waals surface area contributed by atoms with Crippen molar-refractivity contribution < 1.29 is 22.4 Å². The summed E-state index contributed by atoms with van der Waals surface area (Å²) in [6.45, 7) is 1.77. The number of alkyl halides is 3. The zero-order chi connectivity index (χ0) is 20.6. The standard InChI is InChI=1S/C19H13F3N4O2S/c1-11-7-8-15(28-11)18-25-14(10-29-18)17(27)24-13-9-23-26(16(13)19(20,21)22)12-5-3-2-4-6-12/h2-10H,1H3,(H,24,27). The van der Waals surface area contributed by atoms with Gasteiger partial charge in [-0.15, -0.1) is 11.3 Å². The SMILES string of the molecule is Cc1ccc(-c2nc(C(=O)Nc3cnn(-c4ccccc4)c3C(F)(F)F)cs2)o1. The molecule has 6 nitrogen and oxygen atoms in total. The fraction of sp³-hybridized carbons (Fsp3) is 0.105. The number of rotatable bonds is 4. The third-order valence-corrected chi connectivity index (χ3v) is 4.83. The van der Waals surface area contributed by atoms with E-state index in [-0.39, 0.29) is 11.4 Å². The molecule has 0 radical (unpaired) electrons. The molecular weight excluding hydrogens is 405 g/mol. The average Bonchev–Trinajstić information content (AvgIpc) is 3.40. The number of carbonyl (C=O) groups is 1. The van der Waals surface area contributed by atoms with E-state index in [1.165, 1.54) is 17.5 Å². The Morgan fingerprint density at radius 3 is 2.59 bits per heavy atom. The lowest BCUT2D eigenvalue weighted by atomic mass is 10.3. The van der Waals surface area contributed by atoms with Gasteiger partial charge in [0.1, 0.15) is 11.5 Å². The lowest BCUT2D eigenvalue weighted by Crippen LogP contribution is -2.19. The summed E-state index contributed by atoms with van der Waals surface area (Å²) in [5.41, 5.74) is -1.31. The quantitative estimate of drug-likeness (QED) is 0.496. The third kappa shape index (κ3) is 3.79. The molecule has 0 bridgehead atoms. The highest BCUT2D eigenvalue weighted by atomic mass is 32.1. The van der Waals surface area contributed by atoms with Crippen LogP contribution in [0, 0.1) is 6.92 Å². The number of anilines is 1. The van der Waals surface area contributed by atoms with E-state index in [4.69, 9.17) is 4.42 Å². The second kappa shape index (κ2) is 7.21. The third-order valence-electron chi connectivity index (χ3n) is 3.97. The number of aryl methyl sites for hydroxylation is 1. The van der Waals surface area contributed by atoms with Crippen molar-refractivity contribution in [1.82, 2.24) is 14.8 Å². The molecule has 1 aromatic carbocycles. The van der Waals surface area contributed by atoms with Gasteiger partial charge in [0, 0.05) is 5.38 Å². The smallest absolute Gasteiger partial charge is 0.435 e. The van der Waals surface area contributed by atoms with Gasteiger partial charge in [-0.05, 0) is 31.2 Å². The zero-order valence-electron chi connectivity index (χ0n) is 14.9. The van der Waals surface area contributed by atoms with Crippen LogP contribution in [0.25, 0.3) is 16.5 Å². The zero-order valence-corrected chi connectivity index (χ0v) is 15.7. The molecule has 148 valence electrons. The Bertz CT molecular complexity index is 1160. The molecule has 4 rings (SSSR count). The highest BCUT2D eigenvalue weighted by molar-refractivity contribution is 7.13. The van der Waals surface area contributed by atoms with Gasteiger partial charge < -0.3 is 9.73 Å². The van der Waals surface area contributed by atoms with E-state index in [2.05, 4.69) is 15.4 Å². The molecule has 0 atom stereocenters. The van der Waals surface area contributed by atoms with Crippen molar-refractivity contribution in [3.8, 4) is 16.5 Å². The molecule has 0 spiro atoms. The lowest BCUT2D eigenvalue weighted by Gasteiger charge is -2.12. The minimum Gasteiger partial charge on any atom is -0.459 e. The van der Waals surface area contributed by atoms with E-state index >= 15 is 0 Å². The summed E-state index contributed by atoms with van der Waals surface area (Å²) in [7, 11) is 0. The first kappa shape index (κ1) is 18.9. The maximum absolute atomic E-state index is 13.7. The highest BCUT2D eigenvalue weighted by Crippen LogP contribution is 2.36. The first-order chi connectivity index (χ1) is 13.8. The molecule has 1 N–H and O–H groups in total. The van der Waals surface area contributed by atoms with E-state index in [1.807, 2.05) is 0 Å². The number of nitrogens with one attached hydrogen (secondary N) is 1. The number of nitrogens with zero attached hydrogens (tertiary/aromatic N) is 3. The van der Waals surface area contributed by atoms with Crippen molar-refractivity contribution in [2.45, 2.75) is 13.1 Å². The van der Waals surface area contributed by atoms with E-state index in [0.29, 0.717) is 16.5 Å². The van der Waals surface area contributed by atoms with Crippen LogP contribution in [0.15, 0.2) is 58.5 Å². The monoisotopic (exact) mass is 418 g/mol. The minimum atomic E-state index is -4.73. The number of para-hydroxylation sites is 1. The van der Waals surface area contributed by atoms with E-state index < -0.39 is 23.5 Å². The molecule has 3 aromatic heterocycles. The number of furan rings is 1. The molecule has 0 unspecified atom stereocenters. The van der Waals surface area contributed by atoms with Crippen molar-refractivity contribution >= 4 is 22.9 Å². The molecular formula is C19H13F3N4O2S. The van der Waals surface area contributed by atoms with Crippen LogP contribution in [-0.4, -0.2) is 20.7 Å². The Hall–Kier alpha value is -3.40. The summed E-state index contributed by atoms with van der Waals surface area (Å²) < 4.78 is 47.2. The first-order valence-corrected chi connectivity index (χ1v) is 9.25. The van der Waals surface area contributed by atoms with Gasteiger partial charge in [-0.3, -0.25) is 4.79 Å². The summed E-state index contributed by atoms with van der Waals surface area (Å²) in [6, 6.07) is 11.3. The molecule has 29 heavy (non-hydrogen) atoms. The van der Waals surface area contributed by atoms with Crippen LogP contribution in [0.4, 0.5) is 18.9 Å². The fourth-order valence-electron chi connectivity index (χ4n) is 2.70. The van der Waals surface area contributed by atoms with Gasteiger partial charge in [0.25, 0.3) is 5.91 Å². The van der Waals surface area contributed by atoms with Crippen molar-refractivity contribution in [3.63, 3.8) is 0 Å². The topological polar surface area (TPSA) is 73.0 Å². The van der Waals surface area contributed by atoms with Crippen LogP contribution in [0.5, 0.6) is 0 Å². The second-order valence-corrected chi connectivity index (χ2v) is 6.91. The van der Waals surface area contributed by atoms with Gasteiger partial charge >= 0.3 is 6.18 Å². The molecule has 10 heteroatoms. The first-order valence-electron chi connectivity index (χ1n) is 8.37.